The molecule has 0 aromatic heterocycles. The third-order valence-electron chi connectivity index (χ3n) is 5.73. The van der Waals surface area contributed by atoms with Crippen LogP contribution in [0, 0.1) is 6.92 Å². The molecule has 0 N–H and O–H groups in total. The van der Waals surface area contributed by atoms with Crippen LogP contribution in [0.4, 0.5) is 5.69 Å². The van der Waals surface area contributed by atoms with Crippen LogP contribution in [0.25, 0.3) is 0 Å². The number of nitrogens with zero attached hydrogens (tertiary/aromatic N) is 2. The quantitative estimate of drug-likeness (QED) is 0.467. The maximum atomic E-state index is 6.42. The molecular formula is C26H29ClN2O. The molecule has 1 aliphatic rings. The van der Waals surface area contributed by atoms with Gasteiger partial charge in [-0.2, -0.15) is 0 Å². The van der Waals surface area contributed by atoms with Crippen molar-refractivity contribution in [3.05, 3.63) is 95.0 Å². The van der Waals surface area contributed by atoms with Crippen LogP contribution in [0.15, 0.2) is 78.9 Å². The molecule has 0 amide bonds. The highest BCUT2D eigenvalue weighted by molar-refractivity contribution is 6.32. The first-order chi connectivity index (χ1) is 14.7. The zero-order valence-corrected chi connectivity index (χ0v) is 18.3. The summed E-state index contributed by atoms with van der Waals surface area (Å²) in [7, 11) is 0. The highest BCUT2D eigenvalue weighted by Crippen LogP contribution is 2.32. The van der Waals surface area contributed by atoms with Gasteiger partial charge in [-0.15, -0.1) is 0 Å². The summed E-state index contributed by atoms with van der Waals surface area (Å²) in [5.41, 5.74) is 3.66. The van der Waals surface area contributed by atoms with Crippen LogP contribution in [0.5, 0.6) is 5.75 Å². The normalized spacial score (nSPS) is 15.7. The van der Waals surface area contributed by atoms with E-state index < -0.39 is 0 Å². The fourth-order valence-corrected chi connectivity index (χ4v) is 4.15. The number of para-hydroxylation sites is 1. The van der Waals surface area contributed by atoms with Crippen molar-refractivity contribution < 1.29 is 4.74 Å². The molecule has 3 aromatic rings. The number of piperazine rings is 1. The Hall–Kier alpha value is -2.49. The molecule has 4 heteroatoms. The summed E-state index contributed by atoms with van der Waals surface area (Å²) < 4.78 is 6.42. The third-order valence-corrected chi connectivity index (χ3v) is 6.04. The van der Waals surface area contributed by atoms with Crippen LogP contribution >= 0.6 is 11.6 Å². The van der Waals surface area contributed by atoms with Crippen LogP contribution in [0.1, 0.15) is 23.7 Å². The zero-order valence-electron chi connectivity index (χ0n) is 17.5. The van der Waals surface area contributed by atoms with E-state index in [9.17, 15) is 0 Å². The first-order valence-corrected chi connectivity index (χ1v) is 11.1. The molecule has 0 saturated carbocycles. The van der Waals surface area contributed by atoms with E-state index >= 15 is 0 Å². The molecule has 3 nitrogen and oxygen atoms in total. The molecule has 0 bridgehead atoms. The summed E-state index contributed by atoms with van der Waals surface area (Å²) in [6, 6.07) is 27.1. The molecule has 4 rings (SSSR count). The van der Waals surface area contributed by atoms with Gasteiger partial charge in [0.25, 0.3) is 0 Å². The molecule has 1 atom stereocenters. The molecule has 3 aromatic carbocycles. The number of hydrogen-bond donors (Lipinski definition) is 0. The van der Waals surface area contributed by atoms with Crippen molar-refractivity contribution in [2.45, 2.75) is 19.4 Å². The van der Waals surface area contributed by atoms with Gasteiger partial charge in [-0.1, -0.05) is 66.2 Å². The van der Waals surface area contributed by atoms with Crippen molar-refractivity contribution in [3.8, 4) is 5.75 Å². The first kappa shape index (κ1) is 20.8. The molecular weight excluding hydrogens is 392 g/mol. The lowest BCUT2D eigenvalue weighted by atomic mass is 10.1. The Morgan fingerprint density at radius 3 is 2.23 bits per heavy atom. The van der Waals surface area contributed by atoms with Crippen LogP contribution in [-0.4, -0.2) is 37.6 Å². The molecule has 1 unspecified atom stereocenters. The monoisotopic (exact) mass is 420 g/mol. The Kier molecular flexibility index (Phi) is 6.93. The molecule has 30 heavy (non-hydrogen) atoms. The summed E-state index contributed by atoms with van der Waals surface area (Å²) in [5.74, 6) is 0.763. The highest BCUT2D eigenvalue weighted by atomic mass is 35.5. The Morgan fingerprint density at radius 2 is 1.53 bits per heavy atom. The molecule has 1 fully saturated rings. The van der Waals surface area contributed by atoms with Gasteiger partial charge in [-0.05, 0) is 42.3 Å². The van der Waals surface area contributed by atoms with Gasteiger partial charge in [0, 0.05) is 44.8 Å². The van der Waals surface area contributed by atoms with Gasteiger partial charge in [0.05, 0.1) is 5.02 Å². The minimum absolute atomic E-state index is 0.0161. The zero-order chi connectivity index (χ0) is 20.8. The van der Waals surface area contributed by atoms with E-state index in [0.717, 1.165) is 50.5 Å². The topological polar surface area (TPSA) is 15.7 Å². The van der Waals surface area contributed by atoms with Crippen LogP contribution in [0.3, 0.4) is 0 Å². The van der Waals surface area contributed by atoms with Crippen molar-refractivity contribution in [2.24, 2.45) is 0 Å². The van der Waals surface area contributed by atoms with Crippen molar-refractivity contribution >= 4 is 17.3 Å². The van der Waals surface area contributed by atoms with Gasteiger partial charge in [-0.3, -0.25) is 4.90 Å². The second-order valence-electron chi connectivity index (χ2n) is 7.90. The van der Waals surface area contributed by atoms with Gasteiger partial charge in [0.2, 0.25) is 0 Å². The summed E-state index contributed by atoms with van der Waals surface area (Å²) in [4.78, 5) is 5.00. The number of rotatable bonds is 7. The number of halogens is 1. The lowest BCUT2D eigenvalue weighted by Crippen LogP contribution is -2.46. The minimum atomic E-state index is -0.0161. The number of benzene rings is 3. The van der Waals surface area contributed by atoms with Gasteiger partial charge < -0.3 is 9.64 Å². The third kappa shape index (κ3) is 5.35. The summed E-state index contributed by atoms with van der Waals surface area (Å²) in [6.07, 6.45) is 0.914. The van der Waals surface area contributed by atoms with E-state index in [1.54, 1.807) is 0 Å². The Morgan fingerprint density at radius 1 is 0.867 bits per heavy atom. The highest BCUT2D eigenvalue weighted by Gasteiger charge is 2.20. The van der Waals surface area contributed by atoms with Gasteiger partial charge in [-0.25, -0.2) is 0 Å². The van der Waals surface area contributed by atoms with Crippen molar-refractivity contribution in [3.63, 3.8) is 0 Å². The SMILES string of the molecule is Cc1ccc(Cl)c(OC(CCN2CCN(c3ccccc3)CC2)c2ccccc2)c1. The number of hydrogen-bond acceptors (Lipinski definition) is 3. The Balaban J connectivity index is 1.39. The molecule has 0 radical (unpaired) electrons. The van der Waals surface area contributed by atoms with E-state index in [4.69, 9.17) is 16.3 Å². The average molecular weight is 421 g/mol. The smallest absolute Gasteiger partial charge is 0.139 e. The first-order valence-electron chi connectivity index (χ1n) is 10.7. The van der Waals surface area contributed by atoms with E-state index in [1.165, 1.54) is 11.3 Å². The van der Waals surface area contributed by atoms with Gasteiger partial charge in [0.15, 0.2) is 0 Å². The maximum Gasteiger partial charge on any atom is 0.139 e. The van der Waals surface area contributed by atoms with Crippen LogP contribution in [-0.2, 0) is 0 Å². The Labute approximate surface area is 184 Å². The molecule has 1 heterocycles. The lowest BCUT2D eigenvalue weighted by molar-refractivity contribution is 0.160. The Bertz CT molecular complexity index is 924. The lowest BCUT2D eigenvalue weighted by Gasteiger charge is -2.36. The average Bonchev–Trinajstić information content (AvgIpc) is 2.80. The fraction of sp³-hybridized carbons (Fsp3) is 0.308. The van der Waals surface area contributed by atoms with Crippen molar-refractivity contribution in [1.29, 1.82) is 0 Å². The molecule has 1 saturated heterocycles. The van der Waals surface area contributed by atoms with Crippen LogP contribution < -0.4 is 9.64 Å². The molecule has 0 spiro atoms. The standard InChI is InChI=1S/C26H29ClN2O/c1-21-12-13-24(27)26(20-21)30-25(22-8-4-2-5-9-22)14-15-28-16-18-29(19-17-28)23-10-6-3-7-11-23/h2-13,20,25H,14-19H2,1H3. The molecule has 0 aliphatic carbocycles. The van der Waals surface area contributed by atoms with Gasteiger partial charge >= 0.3 is 0 Å². The summed E-state index contributed by atoms with van der Waals surface area (Å²) in [6.45, 7) is 7.33. The van der Waals surface area contributed by atoms with E-state index in [2.05, 4.69) is 71.3 Å². The summed E-state index contributed by atoms with van der Waals surface area (Å²) in [5, 5.41) is 0.665. The second-order valence-corrected chi connectivity index (χ2v) is 8.31. The number of aryl methyl sites for hydroxylation is 1. The van der Waals surface area contributed by atoms with Gasteiger partial charge in [0.1, 0.15) is 11.9 Å². The van der Waals surface area contributed by atoms with E-state index in [-0.39, 0.29) is 6.10 Å². The number of anilines is 1. The van der Waals surface area contributed by atoms with Crippen LogP contribution in [0.2, 0.25) is 5.02 Å². The van der Waals surface area contributed by atoms with E-state index in [1.807, 2.05) is 24.3 Å². The molecule has 156 valence electrons. The summed E-state index contributed by atoms with van der Waals surface area (Å²) >= 11 is 6.41. The van der Waals surface area contributed by atoms with Crippen molar-refractivity contribution in [1.82, 2.24) is 4.90 Å². The maximum absolute atomic E-state index is 6.42. The second kappa shape index (κ2) is 10.0. The van der Waals surface area contributed by atoms with Crippen molar-refractivity contribution in [2.75, 3.05) is 37.6 Å². The predicted molar refractivity (Wildman–Crippen MR) is 126 cm³/mol. The number of ether oxygens (including phenoxy) is 1. The largest absolute Gasteiger partial charge is 0.484 e. The predicted octanol–water partition coefficient (Wildman–Crippen LogP) is 5.98. The fourth-order valence-electron chi connectivity index (χ4n) is 3.98. The minimum Gasteiger partial charge on any atom is -0.484 e. The molecule has 1 aliphatic heterocycles. The van der Waals surface area contributed by atoms with E-state index in [0.29, 0.717) is 5.02 Å².